The van der Waals surface area contributed by atoms with Crippen molar-refractivity contribution in [2.45, 2.75) is 13.0 Å². The molecule has 3 N–H and O–H groups in total. The monoisotopic (exact) mass is 189 g/mol. The average molecular weight is 189 g/mol. The molecule has 0 aliphatic heterocycles. The van der Waals surface area contributed by atoms with Crippen molar-refractivity contribution in [3.63, 3.8) is 0 Å². The van der Waals surface area contributed by atoms with Gasteiger partial charge >= 0.3 is 0 Å². The van der Waals surface area contributed by atoms with E-state index in [1.54, 1.807) is 31.2 Å². The fraction of sp³-hybridized carbons (Fsp3) is 0.200. The third kappa shape index (κ3) is 2.23. The first-order valence-corrected chi connectivity index (χ1v) is 4.20. The van der Waals surface area contributed by atoms with Gasteiger partial charge in [-0.25, -0.2) is 0 Å². The van der Waals surface area contributed by atoms with Crippen molar-refractivity contribution in [2.24, 2.45) is 5.73 Å². The molecule has 1 amide bonds. The molecule has 1 aromatic carbocycles. The number of anilines is 1. The van der Waals surface area contributed by atoms with Gasteiger partial charge in [-0.05, 0) is 19.1 Å². The summed E-state index contributed by atoms with van der Waals surface area (Å²) in [6.45, 7) is 1.65. The number of para-hydroxylation sites is 1. The summed E-state index contributed by atoms with van der Waals surface area (Å²) in [5.74, 6) is -0.447. The molecule has 0 aliphatic rings. The Labute approximate surface area is 82.3 Å². The summed E-state index contributed by atoms with van der Waals surface area (Å²) in [4.78, 5) is 10.8. The lowest BCUT2D eigenvalue weighted by Crippen LogP contribution is -2.32. The molecule has 14 heavy (non-hydrogen) atoms. The van der Waals surface area contributed by atoms with E-state index in [2.05, 4.69) is 5.32 Å². The Kier molecular flexibility index (Phi) is 3.08. The van der Waals surface area contributed by atoms with Crippen LogP contribution in [0.15, 0.2) is 24.3 Å². The van der Waals surface area contributed by atoms with Crippen LogP contribution in [0.5, 0.6) is 0 Å². The van der Waals surface area contributed by atoms with E-state index in [0.717, 1.165) is 0 Å². The fourth-order valence-electron chi connectivity index (χ4n) is 1.01. The second-order valence-electron chi connectivity index (χ2n) is 2.93. The standard InChI is InChI=1S/C10H11N3O/c1-7(10(12)14)13-9-5-3-2-4-8(9)6-11/h2-5,7,13H,1H3,(H2,12,14). The van der Waals surface area contributed by atoms with Gasteiger partial charge in [0.25, 0.3) is 0 Å². The number of rotatable bonds is 3. The number of nitrogens with zero attached hydrogens (tertiary/aromatic N) is 1. The van der Waals surface area contributed by atoms with Crippen LogP contribution in [0, 0.1) is 11.3 Å². The van der Waals surface area contributed by atoms with Gasteiger partial charge in [0.1, 0.15) is 12.1 Å². The first kappa shape index (κ1) is 10.1. The Morgan fingerprint density at radius 3 is 2.79 bits per heavy atom. The molecule has 4 nitrogen and oxygen atoms in total. The van der Waals surface area contributed by atoms with Crippen LogP contribution in [0.4, 0.5) is 5.69 Å². The molecule has 0 spiro atoms. The highest BCUT2D eigenvalue weighted by molar-refractivity contribution is 5.83. The number of nitriles is 1. The number of nitrogens with two attached hydrogens (primary N) is 1. The molecule has 1 aromatic rings. The van der Waals surface area contributed by atoms with Gasteiger partial charge < -0.3 is 11.1 Å². The van der Waals surface area contributed by atoms with E-state index >= 15 is 0 Å². The third-order valence-electron chi connectivity index (χ3n) is 1.85. The Hall–Kier alpha value is -2.02. The molecule has 0 bridgehead atoms. The van der Waals surface area contributed by atoms with Crippen LogP contribution < -0.4 is 11.1 Å². The first-order valence-electron chi connectivity index (χ1n) is 4.20. The summed E-state index contributed by atoms with van der Waals surface area (Å²) in [5, 5.41) is 11.6. The number of benzene rings is 1. The number of carbonyl (C=O) groups is 1. The second-order valence-corrected chi connectivity index (χ2v) is 2.93. The van der Waals surface area contributed by atoms with Gasteiger partial charge in [-0.15, -0.1) is 0 Å². The summed E-state index contributed by atoms with van der Waals surface area (Å²) in [5.41, 5.74) is 6.22. The van der Waals surface area contributed by atoms with Crippen molar-refractivity contribution in [1.82, 2.24) is 0 Å². The summed E-state index contributed by atoms with van der Waals surface area (Å²) in [6, 6.07) is 8.51. The fourth-order valence-corrected chi connectivity index (χ4v) is 1.01. The number of nitrogens with one attached hydrogen (secondary N) is 1. The van der Waals surface area contributed by atoms with Crippen molar-refractivity contribution >= 4 is 11.6 Å². The van der Waals surface area contributed by atoms with Gasteiger partial charge in [-0.3, -0.25) is 4.79 Å². The van der Waals surface area contributed by atoms with Crippen molar-refractivity contribution in [3.8, 4) is 6.07 Å². The summed E-state index contributed by atoms with van der Waals surface area (Å²) >= 11 is 0. The van der Waals surface area contributed by atoms with Gasteiger partial charge in [0.05, 0.1) is 11.3 Å². The van der Waals surface area contributed by atoms with Crippen LogP contribution >= 0.6 is 0 Å². The predicted octanol–water partition coefficient (Wildman–Crippen LogP) is 0.844. The van der Waals surface area contributed by atoms with Gasteiger partial charge in [0.2, 0.25) is 5.91 Å². The zero-order valence-corrected chi connectivity index (χ0v) is 7.82. The van der Waals surface area contributed by atoms with E-state index in [9.17, 15) is 4.79 Å². The molecule has 0 heterocycles. The summed E-state index contributed by atoms with van der Waals surface area (Å²) in [6.07, 6.45) is 0. The maximum absolute atomic E-state index is 10.8. The number of hydrogen-bond acceptors (Lipinski definition) is 3. The maximum Gasteiger partial charge on any atom is 0.239 e. The molecule has 1 unspecified atom stereocenters. The summed E-state index contributed by atoms with van der Waals surface area (Å²) in [7, 11) is 0. The van der Waals surface area contributed by atoms with Gasteiger partial charge in [-0.1, -0.05) is 12.1 Å². The lowest BCUT2D eigenvalue weighted by molar-refractivity contribution is -0.118. The molecule has 0 saturated carbocycles. The SMILES string of the molecule is CC(Nc1ccccc1C#N)C(N)=O. The Morgan fingerprint density at radius 2 is 2.21 bits per heavy atom. The van der Waals surface area contributed by atoms with E-state index in [4.69, 9.17) is 11.0 Å². The van der Waals surface area contributed by atoms with E-state index in [1.165, 1.54) is 0 Å². The molecule has 1 rings (SSSR count). The van der Waals surface area contributed by atoms with Crippen molar-refractivity contribution in [1.29, 1.82) is 5.26 Å². The van der Waals surface area contributed by atoms with Crippen molar-refractivity contribution in [2.75, 3.05) is 5.32 Å². The second kappa shape index (κ2) is 4.28. The average Bonchev–Trinajstić information content (AvgIpc) is 2.18. The maximum atomic E-state index is 10.8. The Morgan fingerprint density at radius 1 is 1.57 bits per heavy atom. The topological polar surface area (TPSA) is 78.9 Å². The molecule has 0 aromatic heterocycles. The molecule has 1 atom stereocenters. The number of hydrogen-bond donors (Lipinski definition) is 2. The van der Waals surface area contributed by atoms with Crippen LogP contribution in [0.2, 0.25) is 0 Å². The number of carbonyl (C=O) groups excluding carboxylic acids is 1. The van der Waals surface area contributed by atoms with Crippen molar-refractivity contribution < 1.29 is 4.79 Å². The number of amides is 1. The van der Waals surface area contributed by atoms with E-state index < -0.39 is 11.9 Å². The highest BCUT2D eigenvalue weighted by Gasteiger charge is 2.09. The third-order valence-corrected chi connectivity index (χ3v) is 1.85. The molecule has 0 saturated heterocycles. The quantitative estimate of drug-likeness (QED) is 0.739. The van der Waals surface area contributed by atoms with Gasteiger partial charge in [0, 0.05) is 0 Å². The van der Waals surface area contributed by atoms with E-state index in [1.807, 2.05) is 6.07 Å². The molecule has 72 valence electrons. The smallest absolute Gasteiger partial charge is 0.239 e. The van der Waals surface area contributed by atoms with Crippen LogP contribution in [0.1, 0.15) is 12.5 Å². The zero-order chi connectivity index (χ0) is 10.6. The molecule has 0 radical (unpaired) electrons. The molecular formula is C10H11N3O. The van der Waals surface area contributed by atoms with Gasteiger partial charge in [0.15, 0.2) is 0 Å². The minimum absolute atomic E-state index is 0.447. The molecule has 0 aliphatic carbocycles. The minimum Gasteiger partial charge on any atom is -0.373 e. The van der Waals surface area contributed by atoms with E-state index in [-0.39, 0.29) is 0 Å². The number of primary amides is 1. The summed E-state index contributed by atoms with van der Waals surface area (Å²) < 4.78 is 0. The zero-order valence-electron chi connectivity index (χ0n) is 7.82. The van der Waals surface area contributed by atoms with E-state index in [0.29, 0.717) is 11.3 Å². The van der Waals surface area contributed by atoms with Crippen LogP contribution in [-0.4, -0.2) is 11.9 Å². The molecule has 0 fully saturated rings. The minimum atomic E-state index is -0.482. The largest absolute Gasteiger partial charge is 0.373 e. The molecular weight excluding hydrogens is 178 g/mol. The Bertz CT molecular complexity index is 381. The lowest BCUT2D eigenvalue weighted by Gasteiger charge is -2.12. The first-order chi connectivity index (χ1) is 6.65. The highest BCUT2D eigenvalue weighted by atomic mass is 16.1. The lowest BCUT2D eigenvalue weighted by atomic mass is 10.2. The predicted molar refractivity (Wildman–Crippen MR) is 53.4 cm³/mol. The highest BCUT2D eigenvalue weighted by Crippen LogP contribution is 2.14. The van der Waals surface area contributed by atoms with Crippen LogP contribution in [0.25, 0.3) is 0 Å². The van der Waals surface area contributed by atoms with Crippen LogP contribution in [0.3, 0.4) is 0 Å². The normalized spacial score (nSPS) is 11.4. The molecule has 4 heteroatoms. The van der Waals surface area contributed by atoms with Gasteiger partial charge in [-0.2, -0.15) is 5.26 Å². The van der Waals surface area contributed by atoms with Crippen LogP contribution in [-0.2, 0) is 4.79 Å². The van der Waals surface area contributed by atoms with Crippen molar-refractivity contribution in [3.05, 3.63) is 29.8 Å². The Balaban J connectivity index is 2.87.